The van der Waals surface area contributed by atoms with Gasteiger partial charge in [0.05, 0.1) is 21.2 Å². The molecule has 1 aliphatic rings. The van der Waals surface area contributed by atoms with Gasteiger partial charge in [-0.3, -0.25) is 4.79 Å². The van der Waals surface area contributed by atoms with Gasteiger partial charge in [-0.15, -0.1) is 0 Å². The van der Waals surface area contributed by atoms with E-state index in [1.54, 1.807) is 18.7 Å². The molecule has 0 atom stereocenters. The van der Waals surface area contributed by atoms with Crippen molar-refractivity contribution in [2.75, 3.05) is 26.2 Å². The van der Waals surface area contributed by atoms with Crippen molar-refractivity contribution in [3.63, 3.8) is 0 Å². The minimum Gasteiger partial charge on any atom is -0.361 e. The van der Waals surface area contributed by atoms with Gasteiger partial charge in [0.2, 0.25) is 15.9 Å². The van der Waals surface area contributed by atoms with E-state index in [0.717, 1.165) is 27.7 Å². The summed E-state index contributed by atoms with van der Waals surface area (Å²) < 4.78 is 71.0. The highest BCUT2D eigenvalue weighted by Gasteiger charge is 2.36. The van der Waals surface area contributed by atoms with Crippen LogP contribution in [0.15, 0.2) is 27.6 Å². The third kappa shape index (κ3) is 5.04. The van der Waals surface area contributed by atoms with Gasteiger partial charge in [0.1, 0.15) is 5.76 Å². The molecule has 0 N–H and O–H groups in total. The van der Waals surface area contributed by atoms with Gasteiger partial charge >= 0.3 is 6.18 Å². The summed E-state index contributed by atoms with van der Waals surface area (Å²) in [7, 11) is -4.15. The van der Waals surface area contributed by atoms with Gasteiger partial charge in [-0.05, 0) is 38.5 Å². The highest BCUT2D eigenvalue weighted by atomic mass is 35.5. The molecule has 2 aromatic rings. The Morgan fingerprint density at radius 1 is 1.19 bits per heavy atom. The number of halogens is 4. The highest BCUT2D eigenvalue weighted by molar-refractivity contribution is 7.89. The second-order valence-corrected chi connectivity index (χ2v) is 9.57. The quantitative estimate of drug-likeness (QED) is 0.656. The van der Waals surface area contributed by atoms with Gasteiger partial charge in [-0.25, -0.2) is 8.42 Å². The van der Waals surface area contributed by atoms with Crippen LogP contribution < -0.4 is 0 Å². The van der Waals surface area contributed by atoms with Crippen LogP contribution in [0.5, 0.6) is 0 Å². The number of carbonyl (C=O) groups is 1. The Labute approximate surface area is 182 Å². The molecule has 0 spiro atoms. The Morgan fingerprint density at radius 3 is 2.39 bits per heavy atom. The van der Waals surface area contributed by atoms with Crippen LogP contribution in [0.3, 0.4) is 0 Å². The fourth-order valence-corrected chi connectivity index (χ4v) is 5.13. The molecule has 3 rings (SSSR count). The lowest BCUT2D eigenvalue weighted by atomic mass is 10.1. The molecule has 0 saturated carbocycles. The Kier molecular flexibility index (Phi) is 6.68. The van der Waals surface area contributed by atoms with Crippen molar-refractivity contribution < 1.29 is 30.9 Å². The summed E-state index contributed by atoms with van der Waals surface area (Å²) in [5.74, 6) is 0.519. The minimum absolute atomic E-state index is 0.0105. The molecule has 170 valence electrons. The first-order valence-electron chi connectivity index (χ1n) is 9.47. The van der Waals surface area contributed by atoms with Crippen LogP contribution in [0, 0.1) is 13.8 Å². The standard InChI is InChI=1S/C19H21ClF3N3O4S/c1-12-15(13(2)30-24-12)4-6-18(27)25-7-9-26(10-8-25)31(28,29)14-3-5-17(20)16(11-14)19(21,22)23/h3,5,11H,4,6-10H2,1-2H3. The monoisotopic (exact) mass is 479 g/mol. The van der Waals surface area contributed by atoms with E-state index >= 15 is 0 Å². The zero-order valence-corrected chi connectivity index (χ0v) is 18.4. The molecule has 2 heterocycles. The zero-order chi connectivity index (χ0) is 23.0. The van der Waals surface area contributed by atoms with Crippen molar-refractivity contribution in [2.24, 2.45) is 0 Å². The largest absolute Gasteiger partial charge is 0.417 e. The summed E-state index contributed by atoms with van der Waals surface area (Å²) in [5, 5.41) is 3.28. The van der Waals surface area contributed by atoms with E-state index in [9.17, 15) is 26.4 Å². The van der Waals surface area contributed by atoms with Crippen molar-refractivity contribution in [2.45, 2.75) is 37.8 Å². The van der Waals surface area contributed by atoms with Gasteiger partial charge in [0.15, 0.2) is 0 Å². The number of sulfonamides is 1. The lowest BCUT2D eigenvalue weighted by Crippen LogP contribution is -2.50. The second kappa shape index (κ2) is 8.79. The van der Waals surface area contributed by atoms with E-state index in [-0.39, 0.29) is 38.5 Å². The molecular weight excluding hydrogens is 459 g/mol. The first-order valence-corrected chi connectivity index (χ1v) is 11.3. The molecule has 1 aromatic heterocycles. The molecule has 0 radical (unpaired) electrons. The number of benzene rings is 1. The number of hydrogen-bond acceptors (Lipinski definition) is 5. The number of nitrogens with zero attached hydrogens (tertiary/aromatic N) is 3. The van der Waals surface area contributed by atoms with Crippen LogP contribution in [0.4, 0.5) is 13.2 Å². The van der Waals surface area contributed by atoms with Crippen LogP contribution in [0.2, 0.25) is 5.02 Å². The smallest absolute Gasteiger partial charge is 0.361 e. The molecule has 7 nitrogen and oxygen atoms in total. The summed E-state index contributed by atoms with van der Waals surface area (Å²) in [6.07, 6.45) is -4.08. The predicted octanol–water partition coefficient (Wildman–Crippen LogP) is 3.43. The Bertz CT molecular complexity index is 1060. The van der Waals surface area contributed by atoms with E-state index in [2.05, 4.69) is 5.16 Å². The highest BCUT2D eigenvalue weighted by Crippen LogP contribution is 2.36. The van der Waals surface area contributed by atoms with Crippen LogP contribution in [-0.4, -0.2) is 54.9 Å². The van der Waals surface area contributed by atoms with Crippen LogP contribution in [0.1, 0.15) is 29.0 Å². The molecule has 0 aliphatic carbocycles. The average molecular weight is 480 g/mol. The molecule has 1 fully saturated rings. The summed E-state index contributed by atoms with van der Waals surface area (Å²) in [4.78, 5) is 13.6. The van der Waals surface area contributed by atoms with Crippen molar-refractivity contribution in [1.29, 1.82) is 0 Å². The van der Waals surface area contributed by atoms with Crippen molar-refractivity contribution in [3.05, 3.63) is 45.8 Å². The van der Waals surface area contributed by atoms with Crippen molar-refractivity contribution in [1.82, 2.24) is 14.4 Å². The first kappa shape index (κ1) is 23.6. The van der Waals surface area contributed by atoms with Crippen LogP contribution >= 0.6 is 11.6 Å². The number of aryl methyl sites for hydroxylation is 2. The van der Waals surface area contributed by atoms with Gasteiger partial charge in [0, 0.05) is 38.2 Å². The molecule has 12 heteroatoms. The minimum atomic E-state index is -4.77. The maximum atomic E-state index is 13.1. The second-order valence-electron chi connectivity index (χ2n) is 7.23. The molecule has 1 aromatic carbocycles. The maximum absolute atomic E-state index is 13.1. The molecule has 31 heavy (non-hydrogen) atoms. The number of amides is 1. The number of aromatic nitrogens is 1. The van der Waals surface area contributed by atoms with Gasteiger partial charge < -0.3 is 9.42 Å². The Hall–Kier alpha value is -2.11. The molecule has 0 bridgehead atoms. The summed E-state index contributed by atoms with van der Waals surface area (Å²) in [6, 6.07) is 2.51. The maximum Gasteiger partial charge on any atom is 0.417 e. The Balaban J connectivity index is 1.64. The normalized spacial score (nSPS) is 16.0. The van der Waals surface area contributed by atoms with E-state index in [4.69, 9.17) is 16.1 Å². The van der Waals surface area contributed by atoms with Gasteiger partial charge in [-0.2, -0.15) is 17.5 Å². The molecule has 1 saturated heterocycles. The lowest BCUT2D eigenvalue weighted by Gasteiger charge is -2.34. The Morgan fingerprint density at radius 2 is 1.84 bits per heavy atom. The summed E-state index contributed by atoms with van der Waals surface area (Å²) in [5.41, 5.74) is 0.392. The number of piperazine rings is 1. The first-order chi connectivity index (χ1) is 14.4. The molecule has 1 amide bonds. The average Bonchev–Trinajstić information content (AvgIpc) is 3.03. The van der Waals surface area contributed by atoms with E-state index < -0.39 is 31.7 Å². The van der Waals surface area contributed by atoms with Crippen molar-refractivity contribution in [3.8, 4) is 0 Å². The zero-order valence-electron chi connectivity index (χ0n) is 16.9. The van der Waals surface area contributed by atoms with E-state index in [1.807, 2.05) is 0 Å². The fraction of sp³-hybridized carbons (Fsp3) is 0.474. The number of rotatable bonds is 5. The number of carbonyl (C=O) groups excluding carboxylic acids is 1. The molecular formula is C19H21ClF3N3O4S. The third-order valence-corrected chi connectivity index (χ3v) is 7.47. The molecule has 0 unspecified atom stereocenters. The predicted molar refractivity (Wildman–Crippen MR) is 106 cm³/mol. The number of alkyl halides is 3. The van der Waals surface area contributed by atoms with Gasteiger partial charge in [0.25, 0.3) is 0 Å². The summed E-state index contributed by atoms with van der Waals surface area (Å²) >= 11 is 5.57. The fourth-order valence-electron chi connectivity index (χ4n) is 3.46. The van der Waals surface area contributed by atoms with Crippen LogP contribution in [0.25, 0.3) is 0 Å². The molecule has 1 aliphatic heterocycles. The van der Waals surface area contributed by atoms with Crippen LogP contribution in [-0.2, 0) is 27.4 Å². The SMILES string of the molecule is Cc1noc(C)c1CCC(=O)N1CCN(S(=O)(=O)c2ccc(Cl)c(C(F)(F)F)c2)CC1. The number of hydrogen-bond donors (Lipinski definition) is 0. The van der Waals surface area contributed by atoms with Crippen molar-refractivity contribution >= 4 is 27.5 Å². The summed E-state index contributed by atoms with van der Waals surface area (Å²) in [6.45, 7) is 3.84. The topological polar surface area (TPSA) is 83.7 Å². The lowest BCUT2D eigenvalue weighted by molar-refractivity contribution is -0.137. The van der Waals surface area contributed by atoms with E-state index in [1.165, 1.54) is 0 Å². The van der Waals surface area contributed by atoms with E-state index in [0.29, 0.717) is 18.2 Å². The third-order valence-electron chi connectivity index (χ3n) is 5.24. The van der Waals surface area contributed by atoms with Gasteiger partial charge in [-0.1, -0.05) is 16.8 Å².